The van der Waals surface area contributed by atoms with Crippen LogP contribution < -0.4 is 4.74 Å². The van der Waals surface area contributed by atoms with Crippen molar-refractivity contribution in [3.63, 3.8) is 0 Å². The number of hydrogen-bond acceptors (Lipinski definition) is 2. The quantitative estimate of drug-likeness (QED) is 0.798. The molecule has 0 saturated heterocycles. The molecule has 2 heteroatoms. The van der Waals surface area contributed by atoms with Crippen molar-refractivity contribution in [3.05, 3.63) is 29.3 Å². The lowest BCUT2D eigenvalue weighted by Gasteiger charge is -2.14. The lowest BCUT2D eigenvalue weighted by molar-refractivity contribution is 0.197. The van der Waals surface area contributed by atoms with Gasteiger partial charge in [0, 0.05) is 0 Å². The highest BCUT2D eigenvalue weighted by atomic mass is 16.5. The van der Waals surface area contributed by atoms with Crippen molar-refractivity contribution in [2.45, 2.75) is 32.8 Å². The highest BCUT2D eigenvalue weighted by Crippen LogP contribution is 2.27. The van der Waals surface area contributed by atoms with Gasteiger partial charge in [0.15, 0.2) is 0 Å². The van der Waals surface area contributed by atoms with Crippen molar-refractivity contribution in [1.29, 1.82) is 0 Å². The fourth-order valence-electron chi connectivity index (χ4n) is 1.68. The average molecular weight is 194 g/mol. The van der Waals surface area contributed by atoms with Gasteiger partial charge >= 0.3 is 0 Å². The molecule has 14 heavy (non-hydrogen) atoms. The maximum atomic E-state index is 9.60. The van der Waals surface area contributed by atoms with Crippen molar-refractivity contribution in [1.82, 2.24) is 0 Å². The molecule has 1 atom stereocenters. The minimum atomic E-state index is -0.424. The molecule has 0 aliphatic carbocycles. The summed E-state index contributed by atoms with van der Waals surface area (Å²) in [5.74, 6) is 0.880. The summed E-state index contributed by atoms with van der Waals surface area (Å²) in [6.45, 7) is 3.91. The van der Waals surface area contributed by atoms with E-state index in [1.165, 1.54) is 0 Å². The van der Waals surface area contributed by atoms with E-state index in [0.29, 0.717) is 0 Å². The lowest BCUT2D eigenvalue weighted by atomic mass is 9.98. The van der Waals surface area contributed by atoms with Crippen molar-refractivity contribution in [2.24, 2.45) is 0 Å². The van der Waals surface area contributed by atoms with Gasteiger partial charge in [-0.15, -0.1) is 0 Å². The Bertz CT molecular complexity index is 292. The van der Waals surface area contributed by atoms with Crippen LogP contribution in [0.3, 0.4) is 0 Å². The van der Waals surface area contributed by atoms with Gasteiger partial charge in [-0.05, 0) is 30.5 Å². The molecule has 0 unspecified atom stereocenters. The van der Waals surface area contributed by atoms with E-state index in [0.717, 1.165) is 29.7 Å². The molecule has 0 radical (unpaired) electrons. The van der Waals surface area contributed by atoms with Gasteiger partial charge in [-0.3, -0.25) is 0 Å². The average Bonchev–Trinajstić information content (AvgIpc) is 2.18. The first kappa shape index (κ1) is 11.1. The van der Waals surface area contributed by atoms with Gasteiger partial charge in [-0.2, -0.15) is 0 Å². The first-order valence-corrected chi connectivity index (χ1v) is 5.04. The number of ether oxygens (including phenoxy) is 1. The molecule has 1 rings (SSSR count). The van der Waals surface area contributed by atoms with Gasteiger partial charge in [0.1, 0.15) is 5.75 Å². The molecule has 1 aromatic rings. The Kier molecular flexibility index (Phi) is 3.96. The van der Waals surface area contributed by atoms with Gasteiger partial charge in [0.05, 0.1) is 13.2 Å². The Balaban J connectivity index is 3.13. The van der Waals surface area contributed by atoms with Crippen molar-refractivity contribution in [3.8, 4) is 5.75 Å². The zero-order chi connectivity index (χ0) is 10.6. The van der Waals surface area contributed by atoms with E-state index in [1.54, 1.807) is 14.0 Å². The number of benzene rings is 1. The minimum absolute atomic E-state index is 0.424. The first-order chi connectivity index (χ1) is 6.70. The predicted molar refractivity (Wildman–Crippen MR) is 57.6 cm³/mol. The van der Waals surface area contributed by atoms with Crippen molar-refractivity contribution >= 4 is 0 Å². The second-order valence-corrected chi connectivity index (χ2v) is 3.45. The van der Waals surface area contributed by atoms with Crippen LogP contribution in [0.15, 0.2) is 18.2 Å². The summed E-state index contributed by atoms with van der Waals surface area (Å²) in [4.78, 5) is 0. The summed E-state index contributed by atoms with van der Waals surface area (Å²) in [6.07, 6.45) is 1.58. The molecule has 0 amide bonds. The zero-order valence-corrected chi connectivity index (χ0v) is 9.08. The monoisotopic (exact) mass is 194 g/mol. The molecule has 0 saturated carbocycles. The molecule has 0 aliphatic rings. The van der Waals surface area contributed by atoms with Crippen LogP contribution in [0, 0.1) is 0 Å². The van der Waals surface area contributed by atoms with Crippen LogP contribution >= 0.6 is 0 Å². The molecule has 78 valence electrons. The van der Waals surface area contributed by atoms with Gasteiger partial charge in [-0.25, -0.2) is 0 Å². The summed E-state index contributed by atoms with van der Waals surface area (Å²) < 4.78 is 5.28. The molecule has 0 aliphatic heterocycles. The third-order valence-corrected chi connectivity index (χ3v) is 2.34. The van der Waals surface area contributed by atoms with Crippen LogP contribution in [0.1, 0.15) is 37.5 Å². The number of aliphatic hydroxyl groups excluding tert-OH is 1. The van der Waals surface area contributed by atoms with E-state index < -0.39 is 6.10 Å². The number of rotatable bonds is 4. The standard InChI is InChI=1S/C12H18O2/c1-4-6-11-10(9(2)13)7-5-8-12(11)14-3/h5,7-9,13H,4,6H2,1-3H3/t9-/m1/s1. The Morgan fingerprint density at radius 1 is 1.43 bits per heavy atom. The summed E-state index contributed by atoms with van der Waals surface area (Å²) in [5.41, 5.74) is 2.11. The molecule has 0 aromatic heterocycles. The van der Waals surface area contributed by atoms with Gasteiger partial charge in [0.2, 0.25) is 0 Å². The second kappa shape index (κ2) is 5.01. The summed E-state index contributed by atoms with van der Waals surface area (Å²) in [5, 5.41) is 9.60. The number of aliphatic hydroxyl groups is 1. The van der Waals surface area contributed by atoms with Crippen molar-refractivity contribution < 1.29 is 9.84 Å². The summed E-state index contributed by atoms with van der Waals surface area (Å²) in [6, 6.07) is 5.81. The third kappa shape index (κ3) is 2.26. The van der Waals surface area contributed by atoms with E-state index in [9.17, 15) is 5.11 Å². The zero-order valence-electron chi connectivity index (χ0n) is 9.08. The van der Waals surface area contributed by atoms with E-state index in [-0.39, 0.29) is 0 Å². The van der Waals surface area contributed by atoms with E-state index in [1.807, 2.05) is 18.2 Å². The maximum Gasteiger partial charge on any atom is 0.122 e. The fraction of sp³-hybridized carbons (Fsp3) is 0.500. The summed E-state index contributed by atoms with van der Waals surface area (Å²) >= 11 is 0. The first-order valence-electron chi connectivity index (χ1n) is 5.04. The SMILES string of the molecule is CCCc1c(OC)cccc1[C@@H](C)O. The topological polar surface area (TPSA) is 29.5 Å². The molecular formula is C12H18O2. The Morgan fingerprint density at radius 2 is 2.14 bits per heavy atom. The Morgan fingerprint density at radius 3 is 2.64 bits per heavy atom. The van der Waals surface area contributed by atoms with Gasteiger partial charge in [0.25, 0.3) is 0 Å². The number of hydrogen-bond donors (Lipinski definition) is 1. The molecular weight excluding hydrogens is 176 g/mol. The molecule has 1 N–H and O–H groups in total. The highest BCUT2D eigenvalue weighted by Gasteiger charge is 2.11. The van der Waals surface area contributed by atoms with Crippen LogP contribution in [-0.4, -0.2) is 12.2 Å². The van der Waals surface area contributed by atoms with Crippen LogP contribution in [0.5, 0.6) is 5.75 Å². The molecule has 0 fully saturated rings. The third-order valence-electron chi connectivity index (χ3n) is 2.34. The lowest BCUT2D eigenvalue weighted by Crippen LogP contribution is -2.01. The molecule has 1 aromatic carbocycles. The molecule has 0 heterocycles. The smallest absolute Gasteiger partial charge is 0.122 e. The largest absolute Gasteiger partial charge is 0.496 e. The molecule has 0 spiro atoms. The van der Waals surface area contributed by atoms with E-state index in [4.69, 9.17) is 4.74 Å². The van der Waals surface area contributed by atoms with Crippen LogP contribution in [-0.2, 0) is 6.42 Å². The second-order valence-electron chi connectivity index (χ2n) is 3.45. The molecule has 0 bridgehead atoms. The Hall–Kier alpha value is -1.02. The maximum absolute atomic E-state index is 9.60. The van der Waals surface area contributed by atoms with Gasteiger partial charge in [-0.1, -0.05) is 25.5 Å². The summed E-state index contributed by atoms with van der Waals surface area (Å²) in [7, 11) is 1.67. The van der Waals surface area contributed by atoms with Gasteiger partial charge < -0.3 is 9.84 Å². The highest BCUT2D eigenvalue weighted by molar-refractivity contribution is 5.41. The predicted octanol–water partition coefficient (Wildman–Crippen LogP) is 2.70. The van der Waals surface area contributed by atoms with Crippen LogP contribution in [0.25, 0.3) is 0 Å². The molecule has 2 nitrogen and oxygen atoms in total. The number of methoxy groups -OCH3 is 1. The normalized spacial score (nSPS) is 12.6. The minimum Gasteiger partial charge on any atom is -0.496 e. The van der Waals surface area contributed by atoms with Crippen LogP contribution in [0.2, 0.25) is 0 Å². The Labute approximate surface area is 85.5 Å². The van der Waals surface area contributed by atoms with E-state index in [2.05, 4.69) is 6.92 Å². The fourth-order valence-corrected chi connectivity index (χ4v) is 1.68. The van der Waals surface area contributed by atoms with Crippen molar-refractivity contribution in [2.75, 3.05) is 7.11 Å². The van der Waals surface area contributed by atoms with E-state index >= 15 is 0 Å². The van der Waals surface area contributed by atoms with Crippen LogP contribution in [0.4, 0.5) is 0 Å².